The molecule has 1 aromatic carbocycles. The first kappa shape index (κ1) is 13.8. The number of hydrogen-bond donors (Lipinski definition) is 1. The van der Waals surface area contributed by atoms with Crippen LogP contribution in [0.15, 0.2) is 30.3 Å². The summed E-state index contributed by atoms with van der Waals surface area (Å²) in [5.41, 5.74) is 5.11. The highest BCUT2D eigenvalue weighted by Crippen LogP contribution is 2.61. The molecule has 1 N–H and O–H groups in total. The summed E-state index contributed by atoms with van der Waals surface area (Å²) in [7, 11) is 0. The molecular formula is C19H27NO. The Bertz CT molecular complexity index is 434. The van der Waals surface area contributed by atoms with Crippen molar-refractivity contribution in [2.45, 2.75) is 51.6 Å². The van der Waals surface area contributed by atoms with Crippen LogP contribution in [0, 0.1) is 23.2 Å². The third-order valence-corrected chi connectivity index (χ3v) is 6.11. The highest BCUT2D eigenvalue weighted by Gasteiger charge is 2.50. The summed E-state index contributed by atoms with van der Waals surface area (Å²) in [4.78, 5) is 5.63. The van der Waals surface area contributed by atoms with E-state index in [0.29, 0.717) is 12.0 Å². The normalized spacial score (nSPS) is 37.0. The predicted molar refractivity (Wildman–Crippen MR) is 84.5 cm³/mol. The lowest BCUT2D eigenvalue weighted by molar-refractivity contribution is -0.0655. The van der Waals surface area contributed by atoms with Gasteiger partial charge in [0, 0.05) is 6.54 Å². The maximum Gasteiger partial charge on any atom is 0.0933 e. The molecule has 0 spiro atoms. The summed E-state index contributed by atoms with van der Waals surface area (Å²) < 4.78 is 0. The van der Waals surface area contributed by atoms with E-state index in [1.165, 1.54) is 50.5 Å². The van der Waals surface area contributed by atoms with Crippen LogP contribution >= 0.6 is 0 Å². The van der Waals surface area contributed by atoms with E-state index < -0.39 is 0 Å². The quantitative estimate of drug-likeness (QED) is 0.621. The van der Waals surface area contributed by atoms with Gasteiger partial charge in [-0.3, -0.25) is 4.84 Å². The summed E-state index contributed by atoms with van der Waals surface area (Å²) in [5.74, 6) is 3.17. The van der Waals surface area contributed by atoms with E-state index in [-0.39, 0.29) is 0 Å². The molecule has 0 atom stereocenters. The Morgan fingerprint density at radius 1 is 0.952 bits per heavy atom. The van der Waals surface area contributed by atoms with Crippen LogP contribution in [0.2, 0.25) is 0 Å². The van der Waals surface area contributed by atoms with Crippen molar-refractivity contribution in [1.82, 2.24) is 5.48 Å². The molecule has 4 aliphatic rings. The zero-order chi connectivity index (χ0) is 14.1. The summed E-state index contributed by atoms with van der Waals surface area (Å²) in [6.45, 7) is 1.68. The highest BCUT2D eigenvalue weighted by molar-refractivity contribution is 5.13. The van der Waals surface area contributed by atoms with Gasteiger partial charge in [0.15, 0.2) is 0 Å². The number of nitrogens with one attached hydrogen (secondary N) is 1. The fraction of sp³-hybridized carbons (Fsp3) is 0.684. The summed E-state index contributed by atoms with van der Waals surface area (Å²) in [6.07, 6.45) is 10.4. The molecule has 0 saturated heterocycles. The van der Waals surface area contributed by atoms with E-state index in [9.17, 15) is 0 Å². The number of benzene rings is 1. The minimum absolute atomic E-state index is 0.665. The van der Waals surface area contributed by atoms with Crippen LogP contribution < -0.4 is 5.48 Å². The number of rotatable bonds is 6. The molecule has 0 amide bonds. The Morgan fingerprint density at radius 3 is 2.19 bits per heavy atom. The van der Waals surface area contributed by atoms with E-state index in [2.05, 4.69) is 29.7 Å². The lowest BCUT2D eigenvalue weighted by Crippen LogP contribution is -2.47. The van der Waals surface area contributed by atoms with Gasteiger partial charge in [-0.25, -0.2) is 5.48 Å². The minimum Gasteiger partial charge on any atom is -0.297 e. The average molecular weight is 285 g/mol. The molecule has 4 fully saturated rings. The Labute approximate surface area is 128 Å². The van der Waals surface area contributed by atoms with Crippen LogP contribution in [-0.4, -0.2) is 6.54 Å². The van der Waals surface area contributed by atoms with Crippen molar-refractivity contribution in [3.8, 4) is 0 Å². The zero-order valence-electron chi connectivity index (χ0n) is 12.9. The van der Waals surface area contributed by atoms with Gasteiger partial charge in [0.05, 0.1) is 6.61 Å². The Balaban J connectivity index is 1.22. The monoisotopic (exact) mass is 285 g/mol. The Kier molecular flexibility index (Phi) is 3.76. The molecule has 0 heterocycles. The van der Waals surface area contributed by atoms with E-state index >= 15 is 0 Å². The van der Waals surface area contributed by atoms with Crippen molar-refractivity contribution < 1.29 is 4.84 Å². The number of hydrogen-bond acceptors (Lipinski definition) is 2. The second-order valence-corrected chi connectivity index (χ2v) is 7.84. The van der Waals surface area contributed by atoms with Gasteiger partial charge in [0.1, 0.15) is 0 Å². The first-order chi connectivity index (χ1) is 10.3. The van der Waals surface area contributed by atoms with Crippen LogP contribution in [0.3, 0.4) is 0 Å². The molecule has 2 nitrogen and oxygen atoms in total. The van der Waals surface area contributed by atoms with Gasteiger partial charge in [-0.1, -0.05) is 30.3 Å². The summed E-state index contributed by atoms with van der Waals surface area (Å²) in [5, 5.41) is 0. The lowest BCUT2D eigenvalue weighted by Gasteiger charge is -2.57. The molecule has 21 heavy (non-hydrogen) atoms. The smallest absolute Gasteiger partial charge is 0.0933 e. The van der Waals surface area contributed by atoms with Crippen LogP contribution in [0.4, 0.5) is 0 Å². The summed E-state index contributed by atoms with van der Waals surface area (Å²) in [6, 6.07) is 10.4. The fourth-order valence-corrected chi connectivity index (χ4v) is 5.69. The Morgan fingerprint density at radius 2 is 1.57 bits per heavy atom. The second-order valence-electron chi connectivity index (χ2n) is 7.84. The van der Waals surface area contributed by atoms with Crippen LogP contribution in [0.1, 0.15) is 50.5 Å². The lowest BCUT2D eigenvalue weighted by atomic mass is 9.49. The van der Waals surface area contributed by atoms with E-state index in [0.717, 1.165) is 24.3 Å². The first-order valence-electron chi connectivity index (χ1n) is 8.70. The Hall–Kier alpha value is -0.860. The van der Waals surface area contributed by atoms with Gasteiger partial charge < -0.3 is 0 Å². The van der Waals surface area contributed by atoms with Crippen LogP contribution in [-0.2, 0) is 11.4 Å². The average Bonchev–Trinajstić information content (AvgIpc) is 2.46. The van der Waals surface area contributed by atoms with Gasteiger partial charge in [-0.2, -0.15) is 0 Å². The molecule has 4 aliphatic carbocycles. The fourth-order valence-electron chi connectivity index (χ4n) is 5.69. The predicted octanol–water partition coefficient (Wildman–Crippen LogP) is 4.31. The molecule has 2 heteroatoms. The molecule has 4 bridgehead atoms. The van der Waals surface area contributed by atoms with E-state index in [1.807, 2.05) is 6.07 Å². The van der Waals surface area contributed by atoms with Gasteiger partial charge in [0.25, 0.3) is 0 Å². The molecule has 4 saturated carbocycles. The topological polar surface area (TPSA) is 21.3 Å². The van der Waals surface area contributed by atoms with Crippen molar-refractivity contribution in [1.29, 1.82) is 0 Å². The van der Waals surface area contributed by atoms with Gasteiger partial charge in [-0.05, 0) is 73.7 Å². The van der Waals surface area contributed by atoms with Crippen molar-refractivity contribution in [3.63, 3.8) is 0 Å². The molecule has 1 aromatic rings. The van der Waals surface area contributed by atoms with E-state index in [1.54, 1.807) is 0 Å². The first-order valence-corrected chi connectivity index (χ1v) is 8.70. The van der Waals surface area contributed by atoms with Crippen molar-refractivity contribution in [2.75, 3.05) is 6.54 Å². The maximum atomic E-state index is 5.63. The molecule has 0 radical (unpaired) electrons. The molecule has 114 valence electrons. The number of hydroxylamine groups is 1. The highest BCUT2D eigenvalue weighted by atomic mass is 16.6. The third-order valence-electron chi connectivity index (χ3n) is 6.11. The van der Waals surface area contributed by atoms with Crippen LogP contribution in [0.5, 0.6) is 0 Å². The molecule has 0 aliphatic heterocycles. The molecule has 5 rings (SSSR count). The van der Waals surface area contributed by atoms with Gasteiger partial charge in [-0.15, -0.1) is 0 Å². The largest absolute Gasteiger partial charge is 0.297 e. The van der Waals surface area contributed by atoms with Crippen molar-refractivity contribution in [2.24, 2.45) is 23.2 Å². The van der Waals surface area contributed by atoms with Crippen LogP contribution in [0.25, 0.3) is 0 Å². The molecular weight excluding hydrogens is 258 g/mol. The van der Waals surface area contributed by atoms with Crippen molar-refractivity contribution in [3.05, 3.63) is 35.9 Å². The third kappa shape index (κ3) is 3.02. The maximum absolute atomic E-state index is 5.63. The van der Waals surface area contributed by atoms with Gasteiger partial charge in [0.2, 0.25) is 0 Å². The SMILES string of the molecule is c1ccc(CONCCC23CC4CC(CC(C4)C2)C3)cc1. The zero-order valence-corrected chi connectivity index (χ0v) is 12.9. The molecule has 0 unspecified atom stereocenters. The second kappa shape index (κ2) is 5.73. The standard InChI is InChI=1S/C19H27NO/c1-2-4-15(5-3-1)14-21-20-7-6-19-11-16-8-17(12-19)10-18(9-16)13-19/h1-5,16-18,20H,6-14H2. The molecule has 0 aromatic heterocycles. The summed E-state index contributed by atoms with van der Waals surface area (Å²) >= 11 is 0. The minimum atomic E-state index is 0.665. The van der Waals surface area contributed by atoms with Crippen molar-refractivity contribution >= 4 is 0 Å². The van der Waals surface area contributed by atoms with Gasteiger partial charge >= 0.3 is 0 Å². The van der Waals surface area contributed by atoms with E-state index in [4.69, 9.17) is 4.84 Å².